The van der Waals surface area contributed by atoms with Crippen LogP contribution >= 0.6 is 31.9 Å². The summed E-state index contributed by atoms with van der Waals surface area (Å²) in [5, 5.41) is 0.667. The Morgan fingerprint density at radius 3 is 2.11 bits per heavy atom. The monoisotopic (exact) mass is 278 g/mol. The zero-order valence-electron chi connectivity index (χ0n) is 4.97. The van der Waals surface area contributed by atoms with Crippen molar-refractivity contribution in [1.29, 1.82) is 0 Å². The molecule has 0 rings (SSSR count). The fourth-order valence-corrected chi connectivity index (χ4v) is 3.12. The molecule has 0 aliphatic heterocycles. The normalized spacial score (nSPS) is 15.4. The van der Waals surface area contributed by atoms with Crippen molar-refractivity contribution < 1.29 is 8.42 Å². The minimum Gasteiger partial charge on any atom is -0.229 e. The quantitative estimate of drug-likeness (QED) is 0.728. The van der Waals surface area contributed by atoms with E-state index in [-0.39, 0.29) is 10.6 Å². The van der Waals surface area contributed by atoms with Gasteiger partial charge in [0.15, 0.2) is 0 Å². The molecule has 0 spiro atoms. The lowest BCUT2D eigenvalue weighted by molar-refractivity contribution is 0.601. The SMILES string of the molecule is CS(=O)(=O)CC(Br)CBr. The Bertz CT molecular complexity index is 163. The van der Waals surface area contributed by atoms with Crippen molar-refractivity contribution in [2.45, 2.75) is 4.83 Å². The fraction of sp³-hybridized carbons (Fsp3) is 1.00. The topological polar surface area (TPSA) is 34.1 Å². The second-order valence-electron chi connectivity index (χ2n) is 1.84. The maximum atomic E-state index is 10.5. The number of sulfone groups is 1. The summed E-state index contributed by atoms with van der Waals surface area (Å²) in [4.78, 5) is 0.0347. The first-order chi connectivity index (χ1) is 3.95. The summed E-state index contributed by atoms with van der Waals surface area (Å²) in [6, 6.07) is 0. The molecule has 0 bridgehead atoms. The Kier molecular flexibility index (Phi) is 4.33. The van der Waals surface area contributed by atoms with Crippen LogP contribution in [0.3, 0.4) is 0 Å². The van der Waals surface area contributed by atoms with Gasteiger partial charge in [-0.3, -0.25) is 0 Å². The highest BCUT2D eigenvalue weighted by molar-refractivity contribution is 9.12. The van der Waals surface area contributed by atoms with E-state index in [4.69, 9.17) is 0 Å². The third-order valence-electron chi connectivity index (χ3n) is 0.651. The van der Waals surface area contributed by atoms with Gasteiger partial charge in [0.25, 0.3) is 0 Å². The van der Waals surface area contributed by atoms with Crippen LogP contribution in [0.5, 0.6) is 0 Å². The third-order valence-corrected chi connectivity index (χ3v) is 4.39. The molecule has 9 heavy (non-hydrogen) atoms. The van der Waals surface area contributed by atoms with E-state index in [0.29, 0.717) is 5.33 Å². The molecule has 0 N–H and O–H groups in total. The van der Waals surface area contributed by atoms with Gasteiger partial charge in [0.1, 0.15) is 9.84 Å². The molecule has 0 saturated carbocycles. The summed E-state index contributed by atoms with van der Waals surface area (Å²) in [5.41, 5.74) is 0. The van der Waals surface area contributed by atoms with E-state index in [0.717, 1.165) is 0 Å². The average molecular weight is 280 g/mol. The van der Waals surface area contributed by atoms with E-state index in [1.807, 2.05) is 0 Å². The van der Waals surface area contributed by atoms with E-state index in [2.05, 4.69) is 31.9 Å². The summed E-state index contributed by atoms with van der Waals surface area (Å²) in [6.07, 6.45) is 1.23. The molecule has 1 unspecified atom stereocenters. The Hall–Kier alpha value is 0.910. The lowest BCUT2D eigenvalue weighted by Crippen LogP contribution is -2.14. The van der Waals surface area contributed by atoms with Crippen LogP contribution in [-0.4, -0.2) is 30.6 Å². The van der Waals surface area contributed by atoms with Crippen LogP contribution < -0.4 is 0 Å². The Balaban J connectivity index is 3.75. The van der Waals surface area contributed by atoms with Gasteiger partial charge in [-0.25, -0.2) is 8.42 Å². The van der Waals surface area contributed by atoms with Crippen molar-refractivity contribution in [3.8, 4) is 0 Å². The second kappa shape index (κ2) is 3.93. The van der Waals surface area contributed by atoms with Crippen molar-refractivity contribution in [1.82, 2.24) is 0 Å². The largest absolute Gasteiger partial charge is 0.229 e. The summed E-state index contributed by atoms with van der Waals surface area (Å²) in [5.74, 6) is 0.193. The van der Waals surface area contributed by atoms with Crippen molar-refractivity contribution in [2.75, 3.05) is 17.3 Å². The molecule has 2 nitrogen and oxygen atoms in total. The molecule has 0 aromatic rings. The lowest BCUT2D eigenvalue weighted by Gasteiger charge is -2.01. The van der Waals surface area contributed by atoms with Gasteiger partial charge in [0, 0.05) is 16.4 Å². The molecule has 0 aromatic heterocycles. The highest BCUT2D eigenvalue weighted by Crippen LogP contribution is 2.05. The maximum absolute atomic E-state index is 10.5. The Labute approximate surface area is 72.2 Å². The smallest absolute Gasteiger partial charge is 0.148 e. The summed E-state index contributed by atoms with van der Waals surface area (Å²) in [7, 11) is -2.81. The molecule has 0 fully saturated rings. The molecular weight excluding hydrogens is 272 g/mol. The van der Waals surface area contributed by atoms with E-state index >= 15 is 0 Å². The van der Waals surface area contributed by atoms with E-state index in [1.54, 1.807) is 0 Å². The minimum absolute atomic E-state index is 0.0347. The number of halogens is 2. The zero-order chi connectivity index (χ0) is 7.49. The molecule has 0 saturated heterocycles. The van der Waals surface area contributed by atoms with Gasteiger partial charge in [-0.1, -0.05) is 31.9 Å². The molecule has 0 aliphatic carbocycles. The highest BCUT2D eigenvalue weighted by atomic mass is 79.9. The van der Waals surface area contributed by atoms with E-state index < -0.39 is 9.84 Å². The van der Waals surface area contributed by atoms with Crippen LogP contribution in [0.1, 0.15) is 0 Å². The number of rotatable bonds is 3. The zero-order valence-corrected chi connectivity index (χ0v) is 8.96. The summed E-state index contributed by atoms with van der Waals surface area (Å²) < 4.78 is 21.1. The van der Waals surface area contributed by atoms with Gasteiger partial charge in [-0.2, -0.15) is 0 Å². The Morgan fingerprint density at radius 1 is 1.56 bits per heavy atom. The highest BCUT2D eigenvalue weighted by Gasteiger charge is 2.09. The molecule has 0 radical (unpaired) electrons. The lowest BCUT2D eigenvalue weighted by atomic mass is 10.6. The van der Waals surface area contributed by atoms with Gasteiger partial charge in [0.05, 0.1) is 5.75 Å². The van der Waals surface area contributed by atoms with Crippen LogP contribution in [0, 0.1) is 0 Å². The summed E-state index contributed by atoms with van der Waals surface area (Å²) >= 11 is 6.34. The molecule has 0 heterocycles. The number of hydrogen-bond donors (Lipinski definition) is 0. The van der Waals surface area contributed by atoms with Gasteiger partial charge < -0.3 is 0 Å². The van der Waals surface area contributed by atoms with Crippen LogP contribution in [0.2, 0.25) is 0 Å². The van der Waals surface area contributed by atoms with E-state index in [1.165, 1.54) is 6.26 Å². The van der Waals surface area contributed by atoms with Gasteiger partial charge >= 0.3 is 0 Å². The fourth-order valence-electron chi connectivity index (χ4n) is 0.373. The summed E-state index contributed by atoms with van der Waals surface area (Å²) in [6.45, 7) is 0. The molecule has 5 heteroatoms. The minimum atomic E-state index is -2.81. The maximum Gasteiger partial charge on any atom is 0.148 e. The predicted octanol–water partition coefficient (Wildman–Crippen LogP) is 1.19. The van der Waals surface area contributed by atoms with Gasteiger partial charge in [0.2, 0.25) is 0 Å². The van der Waals surface area contributed by atoms with Crippen molar-refractivity contribution in [3.05, 3.63) is 0 Å². The average Bonchev–Trinajstić information content (AvgIpc) is 1.62. The number of hydrogen-bond acceptors (Lipinski definition) is 2. The molecule has 56 valence electrons. The second-order valence-corrected chi connectivity index (χ2v) is 5.97. The van der Waals surface area contributed by atoms with Crippen LogP contribution in [-0.2, 0) is 9.84 Å². The molecular formula is C4H8Br2O2S. The van der Waals surface area contributed by atoms with Crippen LogP contribution in [0.15, 0.2) is 0 Å². The van der Waals surface area contributed by atoms with E-state index in [9.17, 15) is 8.42 Å². The molecule has 0 aliphatic rings. The molecule has 0 amide bonds. The van der Waals surface area contributed by atoms with Crippen molar-refractivity contribution in [2.24, 2.45) is 0 Å². The Morgan fingerprint density at radius 2 is 2.00 bits per heavy atom. The third kappa shape index (κ3) is 6.80. The molecule has 0 aromatic carbocycles. The first-order valence-electron chi connectivity index (χ1n) is 2.33. The van der Waals surface area contributed by atoms with Gasteiger partial charge in [-0.05, 0) is 0 Å². The predicted molar refractivity (Wildman–Crippen MR) is 46.2 cm³/mol. The van der Waals surface area contributed by atoms with Crippen LogP contribution in [0.4, 0.5) is 0 Å². The first kappa shape index (κ1) is 9.91. The van der Waals surface area contributed by atoms with Crippen molar-refractivity contribution >= 4 is 41.7 Å². The van der Waals surface area contributed by atoms with Crippen LogP contribution in [0.25, 0.3) is 0 Å². The first-order valence-corrected chi connectivity index (χ1v) is 6.43. The standard InChI is InChI=1S/C4H8Br2O2S/c1-9(7,8)3-4(6)2-5/h4H,2-3H2,1H3. The molecule has 1 atom stereocenters. The number of alkyl halides is 2. The van der Waals surface area contributed by atoms with Crippen molar-refractivity contribution in [3.63, 3.8) is 0 Å². The van der Waals surface area contributed by atoms with Gasteiger partial charge in [-0.15, -0.1) is 0 Å².